The van der Waals surface area contributed by atoms with Gasteiger partial charge >= 0.3 is 0 Å². The van der Waals surface area contributed by atoms with Gasteiger partial charge in [0.2, 0.25) is 5.91 Å². The Hall–Kier alpha value is -2.31. The highest BCUT2D eigenvalue weighted by molar-refractivity contribution is 8.00. The minimum Gasteiger partial charge on any atom is -0.355 e. The number of thioether (sulfide) groups is 1. The van der Waals surface area contributed by atoms with E-state index in [1.165, 1.54) is 17.3 Å². The monoisotopic (exact) mass is 414 g/mol. The fraction of sp³-hybridized carbons (Fsp3) is 0.286. The molecule has 1 atom stereocenters. The summed E-state index contributed by atoms with van der Waals surface area (Å²) in [5, 5.41) is 12.8. The predicted molar refractivity (Wildman–Crippen MR) is 115 cm³/mol. The zero-order chi connectivity index (χ0) is 19.9. The number of halogens is 1. The summed E-state index contributed by atoms with van der Waals surface area (Å²) in [5.41, 5.74) is 2.16. The number of aromatic nitrogens is 3. The van der Waals surface area contributed by atoms with Crippen LogP contribution in [0.15, 0.2) is 59.8 Å². The van der Waals surface area contributed by atoms with Crippen LogP contribution in [-0.2, 0) is 17.8 Å². The highest BCUT2D eigenvalue weighted by Gasteiger charge is 2.20. The molecule has 5 nitrogen and oxygen atoms in total. The van der Waals surface area contributed by atoms with E-state index in [9.17, 15) is 4.79 Å². The first-order valence-electron chi connectivity index (χ1n) is 9.26. The Labute approximate surface area is 174 Å². The zero-order valence-electron chi connectivity index (χ0n) is 15.9. The first-order valence-corrected chi connectivity index (χ1v) is 10.5. The summed E-state index contributed by atoms with van der Waals surface area (Å²) in [7, 11) is 0. The molecule has 0 saturated heterocycles. The van der Waals surface area contributed by atoms with Crippen LogP contribution in [0.1, 0.15) is 19.4 Å². The third-order valence-electron chi connectivity index (χ3n) is 4.34. The van der Waals surface area contributed by atoms with E-state index in [1.54, 1.807) is 0 Å². The van der Waals surface area contributed by atoms with Crippen molar-refractivity contribution < 1.29 is 4.79 Å². The molecule has 1 aromatic heterocycles. The number of nitrogens with zero attached hydrogens (tertiary/aromatic N) is 3. The lowest BCUT2D eigenvalue weighted by Crippen LogP contribution is -2.32. The fourth-order valence-electron chi connectivity index (χ4n) is 2.80. The van der Waals surface area contributed by atoms with Crippen molar-refractivity contribution >= 4 is 29.3 Å². The van der Waals surface area contributed by atoms with Crippen molar-refractivity contribution in [3.63, 3.8) is 0 Å². The van der Waals surface area contributed by atoms with Crippen LogP contribution < -0.4 is 5.32 Å². The van der Waals surface area contributed by atoms with Crippen LogP contribution in [0, 0.1) is 0 Å². The minimum atomic E-state index is -0.261. The minimum absolute atomic E-state index is 0.000345. The van der Waals surface area contributed by atoms with Gasteiger partial charge in [-0.2, -0.15) is 0 Å². The number of amides is 1. The van der Waals surface area contributed by atoms with E-state index >= 15 is 0 Å². The molecular formula is C21H23ClN4OS. The smallest absolute Gasteiger partial charge is 0.233 e. The van der Waals surface area contributed by atoms with Gasteiger partial charge in [0.1, 0.15) is 0 Å². The molecule has 146 valence electrons. The van der Waals surface area contributed by atoms with Crippen molar-refractivity contribution in [2.24, 2.45) is 0 Å². The lowest BCUT2D eigenvalue weighted by atomic mass is 10.1. The molecule has 0 radical (unpaired) electrons. The van der Waals surface area contributed by atoms with E-state index < -0.39 is 0 Å². The first kappa shape index (κ1) is 20.4. The number of benzene rings is 2. The summed E-state index contributed by atoms with van der Waals surface area (Å²) >= 11 is 7.39. The summed E-state index contributed by atoms with van der Waals surface area (Å²) in [6.07, 6.45) is 0.815. The molecule has 0 fully saturated rings. The molecule has 3 rings (SSSR count). The molecule has 2 aromatic carbocycles. The number of hydrogen-bond donors (Lipinski definition) is 1. The molecular weight excluding hydrogens is 392 g/mol. The van der Waals surface area contributed by atoms with Crippen molar-refractivity contribution in [2.45, 2.75) is 37.2 Å². The molecule has 0 spiro atoms. The third-order valence-corrected chi connectivity index (χ3v) is 5.68. The van der Waals surface area contributed by atoms with Gasteiger partial charge in [-0.3, -0.25) is 4.79 Å². The van der Waals surface area contributed by atoms with Crippen LogP contribution in [0.3, 0.4) is 0 Å². The maximum Gasteiger partial charge on any atom is 0.233 e. The van der Waals surface area contributed by atoms with Crippen molar-refractivity contribution in [3.8, 4) is 11.4 Å². The normalized spacial score (nSPS) is 12.0. The van der Waals surface area contributed by atoms with Crippen LogP contribution in [-0.4, -0.2) is 32.5 Å². The van der Waals surface area contributed by atoms with E-state index in [1.807, 2.05) is 60.9 Å². The molecule has 0 unspecified atom stereocenters. The van der Waals surface area contributed by atoms with Crippen LogP contribution >= 0.6 is 23.4 Å². The average molecular weight is 415 g/mol. The molecule has 1 heterocycles. The van der Waals surface area contributed by atoms with Gasteiger partial charge in [-0.15, -0.1) is 10.2 Å². The molecule has 0 aliphatic heterocycles. The topological polar surface area (TPSA) is 59.8 Å². The number of carbonyl (C=O) groups excluding carboxylic acids is 1. The molecule has 0 aliphatic carbocycles. The quantitative estimate of drug-likeness (QED) is 0.553. The second-order valence-electron chi connectivity index (χ2n) is 6.34. The third kappa shape index (κ3) is 5.14. The molecule has 28 heavy (non-hydrogen) atoms. The Balaban J connectivity index is 1.61. The Morgan fingerprint density at radius 1 is 1.14 bits per heavy atom. The van der Waals surface area contributed by atoms with E-state index in [4.69, 9.17) is 11.6 Å². The first-order chi connectivity index (χ1) is 13.6. The maximum absolute atomic E-state index is 12.4. The second-order valence-corrected chi connectivity index (χ2v) is 8.09. The lowest BCUT2D eigenvalue weighted by molar-refractivity contribution is -0.120. The number of carbonyl (C=O) groups is 1. The van der Waals surface area contributed by atoms with Gasteiger partial charge in [0, 0.05) is 23.7 Å². The second kappa shape index (κ2) is 9.75. The number of nitrogens with one attached hydrogen (secondary N) is 1. The van der Waals surface area contributed by atoms with Gasteiger partial charge in [0.25, 0.3) is 0 Å². The lowest BCUT2D eigenvalue weighted by Gasteiger charge is -2.13. The highest BCUT2D eigenvalue weighted by Crippen LogP contribution is 2.27. The highest BCUT2D eigenvalue weighted by atomic mass is 35.5. The summed E-state index contributed by atoms with van der Waals surface area (Å²) < 4.78 is 2.02. The summed E-state index contributed by atoms with van der Waals surface area (Å²) in [6, 6.07) is 17.6. The Bertz CT molecular complexity index is 912. The largest absolute Gasteiger partial charge is 0.355 e. The van der Waals surface area contributed by atoms with Crippen molar-refractivity contribution in [1.29, 1.82) is 0 Å². The Kier molecular flexibility index (Phi) is 7.12. The van der Waals surface area contributed by atoms with Gasteiger partial charge in [-0.25, -0.2) is 0 Å². The van der Waals surface area contributed by atoms with Gasteiger partial charge < -0.3 is 9.88 Å². The standard InChI is InChI=1S/C21H23ClN4OS/c1-3-26-19(17-9-11-18(22)12-10-17)24-25-21(26)28-15(2)20(27)23-14-13-16-7-5-4-6-8-16/h4-12,15H,3,13-14H2,1-2H3,(H,23,27)/t15-/m1/s1. The fourth-order valence-corrected chi connectivity index (χ4v) is 3.87. The van der Waals surface area contributed by atoms with E-state index in [-0.39, 0.29) is 11.2 Å². The van der Waals surface area contributed by atoms with Gasteiger partial charge in [-0.1, -0.05) is 53.7 Å². The average Bonchev–Trinajstić information content (AvgIpc) is 3.11. The van der Waals surface area contributed by atoms with Crippen molar-refractivity contribution in [1.82, 2.24) is 20.1 Å². The number of rotatable bonds is 8. The molecule has 0 saturated carbocycles. The van der Waals surface area contributed by atoms with Crippen molar-refractivity contribution in [2.75, 3.05) is 6.54 Å². The van der Waals surface area contributed by atoms with Crippen LogP contribution in [0.2, 0.25) is 5.02 Å². The molecule has 1 N–H and O–H groups in total. The van der Waals surface area contributed by atoms with Gasteiger partial charge in [0.05, 0.1) is 5.25 Å². The van der Waals surface area contributed by atoms with Crippen LogP contribution in [0.25, 0.3) is 11.4 Å². The SMILES string of the molecule is CCn1c(S[C@H](C)C(=O)NCCc2ccccc2)nnc1-c1ccc(Cl)cc1. The van der Waals surface area contributed by atoms with Gasteiger partial charge in [-0.05, 0) is 50.1 Å². The molecule has 0 aliphatic rings. The van der Waals surface area contributed by atoms with Crippen LogP contribution in [0.5, 0.6) is 0 Å². The van der Waals surface area contributed by atoms with Gasteiger partial charge in [0.15, 0.2) is 11.0 Å². The summed E-state index contributed by atoms with van der Waals surface area (Å²) in [6.45, 7) is 5.26. The Morgan fingerprint density at radius 2 is 1.86 bits per heavy atom. The molecule has 1 amide bonds. The van der Waals surface area contributed by atoms with E-state index in [0.29, 0.717) is 11.6 Å². The predicted octanol–water partition coefficient (Wildman–Crippen LogP) is 4.46. The molecule has 7 heteroatoms. The van der Waals surface area contributed by atoms with E-state index in [0.717, 1.165) is 29.5 Å². The van der Waals surface area contributed by atoms with Crippen LogP contribution in [0.4, 0.5) is 0 Å². The Morgan fingerprint density at radius 3 is 2.54 bits per heavy atom. The van der Waals surface area contributed by atoms with E-state index in [2.05, 4.69) is 27.6 Å². The zero-order valence-corrected chi connectivity index (χ0v) is 17.5. The van der Waals surface area contributed by atoms with Crippen molar-refractivity contribution in [3.05, 3.63) is 65.2 Å². The molecule has 0 bridgehead atoms. The number of hydrogen-bond acceptors (Lipinski definition) is 4. The maximum atomic E-state index is 12.4. The summed E-state index contributed by atoms with van der Waals surface area (Å²) in [5.74, 6) is 0.776. The summed E-state index contributed by atoms with van der Waals surface area (Å²) in [4.78, 5) is 12.4. The molecule has 3 aromatic rings.